The molecular weight excluding hydrogens is 190 g/mol. The molecule has 1 aliphatic rings. The van der Waals surface area contributed by atoms with Crippen LogP contribution in [0.5, 0.6) is 0 Å². The number of aliphatic hydroxyl groups is 3. The number of carbonyl (C=O) groups is 1. The van der Waals surface area contributed by atoms with Gasteiger partial charge < -0.3 is 25.4 Å². The third kappa shape index (κ3) is 2.21. The molecule has 1 fully saturated rings. The average molecular weight is 205 g/mol. The number of rotatable bonds is 1. The molecule has 0 aromatic heterocycles. The Balaban J connectivity index is 2.71. The second-order valence-electron chi connectivity index (χ2n) is 3.44. The van der Waals surface area contributed by atoms with Gasteiger partial charge in [-0.15, -0.1) is 0 Å². The van der Waals surface area contributed by atoms with Crippen LogP contribution in [0.25, 0.3) is 0 Å². The first-order chi connectivity index (χ1) is 6.43. The van der Waals surface area contributed by atoms with Crippen molar-refractivity contribution in [2.24, 2.45) is 0 Å². The molecule has 1 unspecified atom stereocenters. The normalized spacial score (nSPS) is 43.4. The molecule has 14 heavy (non-hydrogen) atoms. The van der Waals surface area contributed by atoms with Crippen LogP contribution in [0, 0.1) is 0 Å². The molecule has 0 bridgehead atoms. The summed E-state index contributed by atoms with van der Waals surface area (Å²) in [7, 11) is 0. The maximum absolute atomic E-state index is 10.8. The quantitative estimate of drug-likeness (QED) is 0.395. The van der Waals surface area contributed by atoms with Crippen molar-refractivity contribution in [1.82, 2.24) is 5.32 Å². The van der Waals surface area contributed by atoms with Gasteiger partial charge in [0.25, 0.3) is 0 Å². The van der Waals surface area contributed by atoms with E-state index >= 15 is 0 Å². The Labute approximate surface area is 81.5 Å². The third-order valence-corrected chi connectivity index (χ3v) is 2.23. The minimum atomic E-state index is -1.38. The van der Waals surface area contributed by atoms with Gasteiger partial charge in [0.2, 0.25) is 5.91 Å². The monoisotopic (exact) mass is 205 g/mol. The summed E-state index contributed by atoms with van der Waals surface area (Å²) in [6.07, 6.45) is -4.36. The zero-order valence-electron chi connectivity index (χ0n) is 8.04. The van der Waals surface area contributed by atoms with Crippen molar-refractivity contribution >= 4 is 5.91 Å². The fraction of sp³-hybridized carbons (Fsp3) is 0.875. The van der Waals surface area contributed by atoms with Crippen molar-refractivity contribution in [1.29, 1.82) is 0 Å². The van der Waals surface area contributed by atoms with Gasteiger partial charge in [-0.05, 0) is 6.92 Å². The Kier molecular flexibility index (Phi) is 3.43. The van der Waals surface area contributed by atoms with E-state index in [0.29, 0.717) is 0 Å². The Bertz CT molecular complexity index is 208. The highest BCUT2D eigenvalue weighted by atomic mass is 16.6. The molecule has 0 aliphatic carbocycles. The topological polar surface area (TPSA) is 99.0 Å². The molecular formula is C8H15NO5. The maximum atomic E-state index is 10.8. The maximum Gasteiger partial charge on any atom is 0.217 e. The number of hydrogen-bond donors (Lipinski definition) is 4. The number of amides is 1. The first-order valence-electron chi connectivity index (χ1n) is 4.40. The van der Waals surface area contributed by atoms with Gasteiger partial charge in [-0.3, -0.25) is 4.79 Å². The largest absolute Gasteiger partial charge is 0.388 e. The molecule has 0 aromatic carbocycles. The van der Waals surface area contributed by atoms with E-state index in [9.17, 15) is 20.1 Å². The lowest BCUT2D eigenvalue weighted by molar-refractivity contribution is -0.251. The first kappa shape index (κ1) is 11.4. The lowest BCUT2D eigenvalue weighted by Crippen LogP contribution is -2.62. The van der Waals surface area contributed by atoms with E-state index in [0.717, 1.165) is 0 Å². The lowest BCUT2D eigenvalue weighted by Gasteiger charge is -2.39. The van der Waals surface area contributed by atoms with Gasteiger partial charge in [0, 0.05) is 6.92 Å². The average Bonchev–Trinajstić information content (AvgIpc) is 2.09. The number of hydrogen-bond acceptors (Lipinski definition) is 5. The molecule has 1 rings (SSSR count). The minimum absolute atomic E-state index is 0.380. The number of carbonyl (C=O) groups excluding carboxylic acids is 1. The summed E-state index contributed by atoms with van der Waals surface area (Å²) in [5, 5.41) is 30.6. The van der Waals surface area contributed by atoms with E-state index in [4.69, 9.17) is 4.74 Å². The van der Waals surface area contributed by atoms with Gasteiger partial charge in [-0.25, -0.2) is 0 Å². The highest BCUT2D eigenvalue weighted by molar-refractivity contribution is 5.73. The van der Waals surface area contributed by atoms with Crippen LogP contribution in [0.4, 0.5) is 0 Å². The summed E-state index contributed by atoms with van der Waals surface area (Å²) in [6, 6.07) is -0.897. The summed E-state index contributed by atoms with van der Waals surface area (Å²) in [6.45, 7) is 2.82. The molecule has 1 heterocycles. The Hall–Kier alpha value is -0.690. The summed E-state index contributed by atoms with van der Waals surface area (Å²) < 4.78 is 4.83. The highest BCUT2D eigenvalue weighted by Gasteiger charge is 2.42. The van der Waals surface area contributed by atoms with E-state index in [1.807, 2.05) is 0 Å². The Morgan fingerprint density at radius 1 is 1.29 bits per heavy atom. The van der Waals surface area contributed by atoms with Crippen molar-refractivity contribution in [2.75, 3.05) is 0 Å². The minimum Gasteiger partial charge on any atom is -0.388 e. The van der Waals surface area contributed by atoms with Crippen LogP contribution in [0.3, 0.4) is 0 Å². The van der Waals surface area contributed by atoms with Gasteiger partial charge in [0.15, 0.2) is 6.29 Å². The third-order valence-electron chi connectivity index (χ3n) is 2.23. The van der Waals surface area contributed by atoms with Gasteiger partial charge in [0.05, 0.1) is 12.1 Å². The highest BCUT2D eigenvalue weighted by Crippen LogP contribution is 2.19. The number of ether oxygens (including phenoxy) is 1. The van der Waals surface area contributed by atoms with Gasteiger partial charge in [-0.1, -0.05) is 0 Å². The lowest BCUT2D eigenvalue weighted by atomic mass is 9.97. The van der Waals surface area contributed by atoms with Crippen LogP contribution in [0.15, 0.2) is 0 Å². The molecule has 0 spiro atoms. The predicted octanol–water partition coefficient (Wildman–Crippen LogP) is -2.05. The smallest absolute Gasteiger partial charge is 0.217 e. The molecule has 6 heteroatoms. The molecule has 0 radical (unpaired) electrons. The van der Waals surface area contributed by atoms with Crippen molar-refractivity contribution in [3.05, 3.63) is 0 Å². The second kappa shape index (κ2) is 4.22. The fourth-order valence-corrected chi connectivity index (χ4v) is 1.46. The fourth-order valence-electron chi connectivity index (χ4n) is 1.46. The molecule has 0 aromatic rings. The summed E-state index contributed by atoms with van der Waals surface area (Å²) in [4.78, 5) is 10.8. The molecule has 0 saturated carbocycles. The van der Waals surface area contributed by atoms with E-state index in [1.165, 1.54) is 6.92 Å². The summed E-state index contributed by atoms with van der Waals surface area (Å²) in [5.74, 6) is -0.380. The van der Waals surface area contributed by atoms with Crippen LogP contribution < -0.4 is 5.32 Å². The van der Waals surface area contributed by atoms with Crippen molar-refractivity contribution in [3.63, 3.8) is 0 Å². The van der Waals surface area contributed by atoms with Crippen LogP contribution in [-0.2, 0) is 9.53 Å². The second-order valence-corrected chi connectivity index (χ2v) is 3.44. The van der Waals surface area contributed by atoms with Crippen LogP contribution in [0.2, 0.25) is 0 Å². The summed E-state index contributed by atoms with van der Waals surface area (Å²) >= 11 is 0. The van der Waals surface area contributed by atoms with E-state index in [-0.39, 0.29) is 5.91 Å². The first-order valence-corrected chi connectivity index (χ1v) is 4.40. The van der Waals surface area contributed by atoms with Crippen molar-refractivity contribution < 1.29 is 24.9 Å². The Morgan fingerprint density at radius 3 is 2.36 bits per heavy atom. The van der Waals surface area contributed by atoms with Crippen LogP contribution in [0.1, 0.15) is 13.8 Å². The van der Waals surface area contributed by atoms with E-state index in [1.54, 1.807) is 6.92 Å². The van der Waals surface area contributed by atoms with Gasteiger partial charge in [0.1, 0.15) is 12.2 Å². The van der Waals surface area contributed by atoms with E-state index < -0.39 is 30.6 Å². The molecule has 1 saturated heterocycles. The van der Waals surface area contributed by atoms with E-state index in [2.05, 4.69) is 5.32 Å². The number of nitrogens with one attached hydrogen (secondary N) is 1. The zero-order valence-corrected chi connectivity index (χ0v) is 8.04. The zero-order chi connectivity index (χ0) is 10.9. The van der Waals surface area contributed by atoms with Crippen molar-refractivity contribution in [3.8, 4) is 0 Å². The number of aliphatic hydroxyl groups excluding tert-OH is 3. The Morgan fingerprint density at radius 2 is 1.86 bits per heavy atom. The van der Waals surface area contributed by atoms with Crippen LogP contribution >= 0.6 is 0 Å². The van der Waals surface area contributed by atoms with Crippen LogP contribution in [-0.4, -0.2) is 51.9 Å². The molecule has 82 valence electrons. The van der Waals surface area contributed by atoms with Crippen molar-refractivity contribution in [2.45, 2.75) is 44.5 Å². The molecule has 4 N–H and O–H groups in total. The molecule has 6 nitrogen and oxygen atoms in total. The SMILES string of the molecule is CC(=O)N[C@H]1[C@H](O)[C@@H](C)OC(O)[C@@H]1O. The van der Waals surface area contributed by atoms with Gasteiger partial charge in [-0.2, -0.15) is 0 Å². The predicted molar refractivity (Wildman–Crippen MR) is 46.2 cm³/mol. The molecule has 1 aliphatic heterocycles. The molecule has 5 atom stereocenters. The standard InChI is InChI=1S/C8H15NO5/c1-3-6(11)5(9-4(2)10)7(12)8(13)14-3/h3,5-8,11-13H,1-2H3,(H,9,10)/t3-,5+,6-,7-,8?/m1/s1. The summed E-state index contributed by atoms with van der Waals surface area (Å²) in [5.41, 5.74) is 0. The van der Waals surface area contributed by atoms with Gasteiger partial charge >= 0.3 is 0 Å². The molecule has 1 amide bonds.